The number of carboxylic acids is 1. The van der Waals surface area contributed by atoms with Gasteiger partial charge in [-0.25, -0.2) is 4.79 Å². The Bertz CT molecular complexity index is 145. The van der Waals surface area contributed by atoms with Gasteiger partial charge in [-0.15, -0.1) is 0 Å². The van der Waals surface area contributed by atoms with Gasteiger partial charge in [-0.2, -0.15) is 13.2 Å². The fraction of sp³-hybridized carbons (Fsp3) is 0. The Morgan fingerprint density at radius 1 is 1.33 bits per heavy atom. The van der Waals surface area contributed by atoms with Crippen molar-refractivity contribution in [3.8, 4) is 0 Å². The van der Waals surface area contributed by atoms with Crippen molar-refractivity contribution in [2.45, 2.75) is 0 Å². The number of hydrogen-bond donors (Lipinski definition) is 1. The molecular weight excluding hydrogens is 132 g/mol. The van der Waals surface area contributed by atoms with Crippen LogP contribution in [0.5, 0.6) is 0 Å². The van der Waals surface area contributed by atoms with Crippen molar-refractivity contribution in [2.24, 2.45) is 0 Å². The molecule has 1 N–H and O–H groups in total. The number of hydrogen-bond acceptors (Lipinski definition) is 1. The first-order chi connectivity index (χ1) is 3.55. The molecule has 0 aromatic carbocycles. The van der Waals surface area contributed by atoms with E-state index in [1.165, 1.54) is 0 Å². The van der Waals surface area contributed by atoms with E-state index >= 15 is 0 Å². The van der Waals surface area contributed by atoms with Crippen LogP contribution in [0.25, 0.3) is 0 Å². The molecule has 0 bridgehead atoms. The summed E-state index contributed by atoms with van der Waals surface area (Å²) in [5.41, 5.74) is 0. The van der Waals surface area contributed by atoms with Crippen LogP contribution in [0.4, 0.5) is 13.2 Å². The monoisotopic (exact) mass is 134 g/mol. The zero-order valence-electron chi connectivity index (χ0n) is 5.49. The van der Waals surface area contributed by atoms with E-state index < -0.39 is 17.9 Å². The molecule has 0 rings (SSSR count). The molecule has 0 atom stereocenters. The molecule has 0 saturated carbocycles. The second-order valence-corrected chi connectivity index (χ2v) is 0.880. The van der Waals surface area contributed by atoms with E-state index in [0.29, 0.717) is 0 Å². The Labute approximate surface area is 62.0 Å². The molecule has 0 fully saturated rings. The van der Waals surface area contributed by atoms with Crippen molar-refractivity contribution >= 4 is 5.97 Å². The van der Waals surface area contributed by atoms with Gasteiger partial charge >= 0.3 is 30.9 Å². The first-order valence-electron chi connectivity index (χ1n) is 1.49. The quantitative estimate of drug-likeness (QED) is 0.341. The van der Waals surface area contributed by atoms with Crippen molar-refractivity contribution in [3.63, 3.8) is 0 Å². The van der Waals surface area contributed by atoms with Crippen molar-refractivity contribution in [1.29, 1.82) is 0 Å². The fourth-order valence-electron chi connectivity index (χ4n) is 0.0808. The Balaban J connectivity index is -0.000000245. The normalized spacial score (nSPS) is 7.44. The molecule has 2 nitrogen and oxygen atoms in total. The van der Waals surface area contributed by atoms with Gasteiger partial charge in [0.15, 0.2) is 0 Å². The minimum absolute atomic E-state index is 0. The standard InChI is InChI=1S/C3HF3O2.Li.H/c4-1(2(5)6)3(7)8;;/h(H,7,8);;/q;+1;-1. The maximum absolute atomic E-state index is 11.2. The van der Waals surface area contributed by atoms with Gasteiger partial charge in [-0.3, -0.25) is 0 Å². The third kappa shape index (κ3) is 4.12. The predicted octanol–water partition coefficient (Wildman–Crippen LogP) is -1.73. The molecule has 0 aliphatic heterocycles. The van der Waals surface area contributed by atoms with E-state index in [-0.39, 0.29) is 20.3 Å². The summed E-state index contributed by atoms with van der Waals surface area (Å²) in [5.74, 6) is -4.64. The van der Waals surface area contributed by atoms with Gasteiger partial charge in [0.1, 0.15) is 0 Å². The summed E-state index contributed by atoms with van der Waals surface area (Å²) >= 11 is 0. The maximum atomic E-state index is 11.2. The Morgan fingerprint density at radius 2 is 1.67 bits per heavy atom. The molecule has 0 unspecified atom stereocenters. The predicted molar refractivity (Wildman–Crippen MR) is 19.1 cm³/mol. The summed E-state index contributed by atoms with van der Waals surface area (Å²) < 4.78 is 32.8. The summed E-state index contributed by atoms with van der Waals surface area (Å²) in [5, 5.41) is 7.44. The molecule has 48 valence electrons. The van der Waals surface area contributed by atoms with E-state index in [0.717, 1.165) is 0 Å². The van der Waals surface area contributed by atoms with Gasteiger partial charge < -0.3 is 6.53 Å². The van der Waals surface area contributed by atoms with Crippen molar-refractivity contribution in [1.82, 2.24) is 0 Å². The number of carbonyl (C=O) groups is 1. The van der Waals surface area contributed by atoms with E-state index in [1.807, 2.05) is 0 Å². The van der Waals surface area contributed by atoms with Crippen molar-refractivity contribution < 1.29 is 43.4 Å². The molecule has 0 aliphatic carbocycles. The minimum Gasteiger partial charge on any atom is -1.00 e. The average Bonchev–Trinajstić information content (AvgIpc) is 1.64. The van der Waals surface area contributed by atoms with Crippen LogP contribution in [0.3, 0.4) is 0 Å². The second kappa shape index (κ2) is 4.47. The Hall–Kier alpha value is -0.403. The molecule has 0 saturated heterocycles. The summed E-state index contributed by atoms with van der Waals surface area (Å²) in [6.45, 7) is 0. The van der Waals surface area contributed by atoms with Crippen LogP contribution in [0, 0.1) is 0 Å². The van der Waals surface area contributed by atoms with E-state index in [4.69, 9.17) is 5.11 Å². The molecular formula is C3H2F3LiO2. The van der Waals surface area contributed by atoms with Gasteiger partial charge in [-0.05, 0) is 0 Å². The minimum atomic E-state index is -2.81. The molecule has 0 aromatic rings. The molecule has 0 amide bonds. The second-order valence-electron chi connectivity index (χ2n) is 0.880. The van der Waals surface area contributed by atoms with Gasteiger partial charge in [0.05, 0.1) is 0 Å². The van der Waals surface area contributed by atoms with Crippen LogP contribution >= 0.6 is 0 Å². The smallest absolute Gasteiger partial charge is 1.00 e. The molecule has 0 aromatic heterocycles. The topological polar surface area (TPSA) is 37.3 Å². The average molecular weight is 134 g/mol. The fourth-order valence-corrected chi connectivity index (χ4v) is 0.0808. The molecule has 9 heavy (non-hydrogen) atoms. The van der Waals surface area contributed by atoms with Crippen LogP contribution in [0.15, 0.2) is 11.9 Å². The maximum Gasteiger partial charge on any atom is 1.00 e. The first kappa shape index (κ1) is 11.4. The first-order valence-corrected chi connectivity index (χ1v) is 1.49. The van der Waals surface area contributed by atoms with Gasteiger partial charge in [0, 0.05) is 0 Å². The van der Waals surface area contributed by atoms with Crippen LogP contribution < -0.4 is 18.9 Å². The molecule has 0 radical (unpaired) electrons. The summed E-state index contributed by atoms with van der Waals surface area (Å²) in [6.07, 6.45) is -2.81. The number of rotatable bonds is 1. The van der Waals surface area contributed by atoms with Crippen LogP contribution in [-0.4, -0.2) is 11.1 Å². The molecule has 0 heterocycles. The van der Waals surface area contributed by atoms with Gasteiger partial charge in [0.25, 0.3) is 5.83 Å². The Morgan fingerprint density at radius 3 is 1.67 bits per heavy atom. The third-order valence-corrected chi connectivity index (χ3v) is 0.354. The summed E-state index contributed by atoms with van der Waals surface area (Å²) in [6, 6.07) is 0. The van der Waals surface area contributed by atoms with Crippen LogP contribution in [0.2, 0.25) is 0 Å². The van der Waals surface area contributed by atoms with E-state index in [9.17, 15) is 18.0 Å². The molecule has 0 aliphatic rings. The Kier molecular flexibility index (Phi) is 5.67. The molecule has 0 spiro atoms. The number of aliphatic carboxylic acids is 1. The van der Waals surface area contributed by atoms with E-state index in [2.05, 4.69) is 0 Å². The van der Waals surface area contributed by atoms with E-state index in [1.54, 1.807) is 0 Å². The zero-order chi connectivity index (χ0) is 6.73. The van der Waals surface area contributed by atoms with Crippen LogP contribution in [-0.2, 0) is 4.79 Å². The van der Waals surface area contributed by atoms with Crippen LogP contribution in [0.1, 0.15) is 1.43 Å². The third-order valence-electron chi connectivity index (χ3n) is 0.354. The van der Waals surface area contributed by atoms with Crippen molar-refractivity contribution in [2.75, 3.05) is 0 Å². The van der Waals surface area contributed by atoms with Gasteiger partial charge in [0.2, 0.25) is 0 Å². The largest absolute Gasteiger partial charge is 1.00 e. The number of halogens is 3. The van der Waals surface area contributed by atoms with Gasteiger partial charge in [-0.1, -0.05) is 0 Å². The molecule has 6 heteroatoms. The zero-order valence-corrected chi connectivity index (χ0v) is 4.49. The summed E-state index contributed by atoms with van der Waals surface area (Å²) in [4.78, 5) is 9.23. The van der Waals surface area contributed by atoms with Crippen molar-refractivity contribution in [3.05, 3.63) is 11.9 Å². The number of carboxylic acid groups (broad SMARTS) is 1. The SMILES string of the molecule is O=C(O)C(F)=C(F)F.[H-].[Li+]. The summed E-state index contributed by atoms with van der Waals surface area (Å²) in [7, 11) is 0.